The second-order valence-corrected chi connectivity index (χ2v) is 17.6. The average molecular weight is 897 g/mol. The number of allylic oxidation sites excluding steroid dienone is 1. The summed E-state index contributed by atoms with van der Waals surface area (Å²) in [6.07, 6.45) is 0.549. The SMILES string of the molecule is O=C(Nc1cc(S(=O)(=O)O)cc2c1C(=O)/C(=N/Nc1ccc3c(S(=O)(=O)O)cccc3c1S(=O)(=O)O)C(S(=O)(=O)O)=C2)c1ccc(Nc2c(O)nc(O)nc2Cl)cc1. The van der Waals surface area contributed by atoms with Crippen LogP contribution in [0.1, 0.15) is 26.3 Å². The first-order valence-electron chi connectivity index (χ1n) is 15.2. The minimum absolute atomic E-state index is 0.159. The van der Waals surface area contributed by atoms with E-state index in [1.54, 1.807) is 0 Å². The molecule has 1 heterocycles. The molecule has 0 aliphatic heterocycles. The number of Topliss-reactive ketones (excluding diaryl/α,β-unsaturated/α-hetero) is 1. The number of anilines is 4. The average Bonchev–Trinajstić information content (AvgIpc) is 3.10. The first-order valence-corrected chi connectivity index (χ1v) is 21.4. The lowest BCUT2D eigenvalue weighted by molar-refractivity contribution is 0.102. The second-order valence-electron chi connectivity index (χ2n) is 11.7. The van der Waals surface area contributed by atoms with Crippen LogP contribution >= 0.6 is 11.6 Å². The molecule has 0 saturated heterocycles. The van der Waals surface area contributed by atoms with Crippen LogP contribution in [0.5, 0.6) is 11.9 Å². The summed E-state index contributed by atoms with van der Waals surface area (Å²) in [5.74, 6) is -3.19. The van der Waals surface area contributed by atoms with Crippen molar-refractivity contribution in [2.45, 2.75) is 14.7 Å². The van der Waals surface area contributed by atoms with Gasteiger partial charge in [-0.15, -0.1) is 0 Å². The van der Waals surface area contributed by atoms with Crippen molar-refractivity contribution >= 4 is 109 Å². The number of amides is 1. The van der Waals surface area contributed by atoms with Crippen molar-refractivity contribution < 1.29 is 71.7 Å². The van der Waals surface area contributed by atoms with E-state index in [-0.39, 0.29) is 22.1 Å². The third-order valence-electron chi connectivity index (χ3n) is 7.97. The minimum Gasteiger partial charge on any atom is -0.492 e. The van der Waals surface area contributed by atoms with Crippen LogP contribution in [0.3, 0.4) is 0 Å². The van der Waals surface area contributed by atoms with Crippen molar-refractivity contribution in [1.29, 1.82) is 0 Å². The Balaban J connectivity index is 1.43. The third kappa shape index (κ3) is 8.30. The first kappa shape index (κ1) is 41.5. The highest BCUT2D eigenvalue weighted by Crippen LogP contribution is 2.37. The molecule has 6 rings (SSSR count). The van der Waals surface area contributed by atoms with E-state index in [2.05, 4.69) is 31.1 Å². The number of ketones is 1. The minimum atomic E-state index is -5.45. The molecule has 0 spiro atoms. The summed E-state index contributed by atoms with van der Waals surface area (Å²) in [7, 11) is -20.8. The van der Waals surface area contributed by atoms with Gasteiger partial charge < -0.3 is 20.8 Å². The van der Waals surface area contributed by atoms with Gasteiger partial charge in [0, 0.05) is 22.0 Å². The number of fused-ring (bicyclic) bond motifs is 2. The number of aromatic nitrogens is 2. The maximum atomic E-state index is 14.1. The molecule has 0 bridgehead atoms. The van der Waals surface area contributed by atoms with Crippen molar-refractivity contribution in [1.82, 2.24) is 9.97 Å². The summed E-state index contributed by atoms with van der Waals surface area (Å²) in [5.41, 5.74) is -1.86. The number of hydrazone groups is 1. The highest BCUT2D eigenvalue weighted by atomic mass is 35.5. The molecule has 0 unspecified atom stereocenters. The molecule has 1 amide bonds. The van der Waals surface area contributed by atoms with Crippen LogP contribution in [0.15, 0.2) is 91.4 Å². The Bertz CT molecular complexity index is 3140. The molecule has 5 aromatic rings. The van der Waals surface area contributed by atoms with Crippen molar-refractivity contribution in [3.8, 4) is 11.9 Å². The molecule has 0 fully saturated rings. The summed E-state index contributed by atoms with van der Waals surface area (Å²) >= 11 is 5.92. The molecule has 58 heavy (non-hydrogen) atoms. The van der Waals surface area contributed by atoms with Gasteiger partial charge in [0.05, 0.1) is 21.8 Å². The summed E-state index contributed by atoms with van der Waals surface area (Å²) in [5, 5.41) is 26.7. The number of carbonyl (C=O) groups excluding carboxylic acids is 2. The molecule has 0 atom stereocenters. The Hall–Kier alpha value is -6.10. The van der Waals surface area contributed by atoms with Crippen LogP contribution in [0, 0.1) is 0 Å². The van der Waals surface area contributed by atoms with Gasteiger partial charge in [-0.25, -0.2) is 0 Å². The van der Waals surface area contributed by atoms with Crippen LogP contribution < -0.4 is 16.1 Å². The first-order chi connectivity index (χ1) is 26.8. The van der Waals surface area contributed by atoms with Gasteiger partial charge in [-0.05, 0) is 60.2 Å². The Morgan fingerprint density at radius 3 is 2.00 bits per heavy atom. The number of benzene rings is 4. The molecular weight excluding hydrogens is 876 g/mol. The molecular formula is C31H21ClN6O16S4. The van der Waals surface area contributed by atoms with E-state index in [0.29, 0.717) is 18.2 Å². The molecule has 1 aliphatic carbocycles. The zero-order chi connectivity index (χ0) is 42.7. The van der Waals surface area contributed by atoms with Crippen molar-refractivity contribution in [2.24, 2.45) is 5.10 Å². The fourth-order valence-corrected chi connectivity index (χ4v) is 8.53. The maximum absolute atomic E-state index is 14.1. The number of rotatable bonds is 10. The summed E-state index contributed by atoms with van der Waals surface area (Å²) in [4.78, 5) is 30.3. The molecule has 4 aromatic carbocycles. The number of nitrogens with zero attached hydrogens (tertiary/aromatic N) is 3. The Morgan fingerprint density at radius 1 is 0.741 bits per heavy atom. The van der Waals surface area contributed by atoms with E-state index in [0.717, 1.165) is 30.3 Å². The lowest BCUT2D eigenvalue weighted by Gasteiger charge is -2.21. The molecule has 1 aliphatic rings. The molecule has 302 valence electrons. The Kier molecular flexibility index (Phi) is 10.5. The smallest absolute Gasteiger partial charge is 0.318 e. The molecule has 0 radical (unpaired) electrons. The summed E-state index contributed by atoms with van der Waals surface area (Å²) in [6, 6.07) is 10.2. The van der Waals surface area contributed by atoms with Crippen LogP contribution in [0.25, 0.3) is 16.8 Å². The Labute approximate surface area is 330 Å². The molecule has 9 N–H and O–H groups in total. The van der Waals surface area contributed by atoms with E-state index < -0.39 is 123 Å². The zero-order valence-corrected chi connectivity index (χ0v) is 32.1. The van der Waals surface area contributed by atoms with E-state index >= 15 is 0 Å². The molecule has 27 heteroatoms. The number of aromatic hydroxyl groups is 2. The van der Waals surface area contributed by atoms with Gasteiger partial charge in [-0.3, -0.25) is 33.2 Å². The fourth-order valence-electron chi connectivity index (χ4n) is 5.57. The second kappa shape index (κ2) is 14.7. The third-order valence-corrected chi connectivity index (χ3v) is 11.8. The topological polar surface area (TPSA) is 366 Å². The van der Waals surface area contributed by atoms with Crippen molar-refractivity contribution in [3.63, 3.8) is 0 Å². The lowest BCUT2D eigenvalue weighted by Crippen LogP contribution is -2.29. The predicted octanol–water partition coefficient (Wildman–Crippen LogP) is 3.32. The van der Waals surface area contributed by atoms with Gasteiger partial charge in [0.15, 0.2) is 10.9 Å². The molecule has 1 aromatic heterocycles. The fraction of sp³-hybridized carbons (Fsp3) is 0. The van der Waals surface area contributed by atoms with Crippen LogP contribution in [-0.4, -0.2) is 89.5 Å². The lowest BCUT2D eigenvalue weighted by atomic mass is 9.92. The van der Waals surface area contributed by atoms with Gasteiger partial charge in [-0.2, -0.15) is 48.7 Å². The van der Waals surface area contributed by atoms with Gasteiger partial charge >= 0.3 is 6.01 Å². The monoisotopic (exact) mass is 896 g/mol. The van der Waals surface area contributed by atoms with Gasteiger partial charge in [0.1, 0.15) is 20.4 Å². The van der Waals surface area contributed by atoms with E-state index in [1.807, 2.05) is 0 Å². The van der Waals surface area contributed by atoms with Gasteiger partial charge in [-0.1, -0.05) is 29.8 Å². The number of carbonyl (C=O) groups is 2. The van der Waals surface area contributed by atoms with Gasteiger partial charge in [0.2, 0.25) is 11.7 Å². The number of hydrogen-bond donors (Lipinski definition) is 9. The summed E-state index contributed by atoms with van der Waals surface area (Å²) < 4.78 is 138. The van der Waals surface area contributed by atoms with E-state index in [4.69, 9.17) is 11.6 Å². The van der Waals surface area contributed by atoms with Crippen LogP contribution in [0.2, 0.25) is 5.15 Å². The highest BCUT2D eigenvalue weighted by molar-refractivity contribution is 7.91. The predicted molar refractivity (Wildman–Crippen MR) is 203 cm³/mol. The van der Waals surface area contributed by atoms with Crippen molar-refractivity contribution in [3.05, 3.63) is 93.5 Å². The molecule has 22 nitrogen and oxygen atoms in total. The van der Waals surface area contributed by atoms with Crippen molar-refractivity contribution in [2.75, 3.05) is 16.1 Å². The van der Waals surface area contributed by atoms with Crippen LogP contribution in [0.4, 0.5) is 22.7 Å². The Morgan fingerprint density at radius 2 is 1.41 bits per heavy atom. The van der Waals surface area contributed by atoms with Crippen LogP contribution in [-0.2, 0) is 40.5 Å². The van der Waals surface area contributed by atoms with E-state index in [9.17, 15) is 71.7 Å². The number of halogens is 1. The zero-order valence-electron chi connectivity index (χ0n) is 28.0. The number of nitrogens with one attached hydrogen (secondary N) is 3. The summed E-state index contributed by atoms with van der Waals surface area (Å²) in [6.45, 7) is 0. The maximum Gasteiger partial charge on any atom is 0.318 e. The normalized spacial score (nSPS) is 14.2. The molecule has 0 saturated carbocycles. The highest BCUT2D eigenvalue weighted by Gasteiger charge is 2.36. The standard InChI is InChI=1S/C31H21ClN6O16S4/c32-28-25(30(41)36-31(42)35-28)33-15-6-4-13(5-7-15)29(40)34-20-12-16(55(43,44)45)10-14-11-22(57(49,50)51)24(26(39)23(14)20)38-37-19-9-8-17-18(27(19)58(52,53)54)2-1-3-21(17)56(46,47)48/h1-12,33,37H,(H,34,40)(H,43,44,45)(H,46,47,48)(H,49,50,51)(H,52,53,54)(H2,35,36,41,42)/b38-24+. The van der Waals surface area contributed by atoms with E-state index in [1.165, 1.54) is 24.3 Å². The quantitative estimate of drug-likeness (QED) is 0.0551. The number of hydrogen-bond acceptors (Lipinski definition) is 17. The largest absolute Gasteiger partial charge is 0.492 e. The van der Waals surface area contributed by atoms with Gasteiger partial charge in [0.25, 0.3) is 46.4 Å².